The van der Waals surface area contributed by atoms with Crippen LogP contribution < -0.4 is 11.0 Å². The van der Waals surface area contributed by atoms with Gasteiger partial charge in [-0.05, 0) is 37.5 Å². The lowest BCUT2D eigenvalue weighted by atomic mass is 9.85. The number of imidazole rings is 1. The van der Waals surface area contributed by atoms with Gasteiger partial charge < -0.3 is 20.4 Å². The van der Waals surface area contributed by atoms with Crippen molar-refractivity contribution in [3.8, 4) is 0 Å². The number of aliphatic carboxylic acids is 1. The molecule has 0 spiro atoms. The van der Waals surface area contributed by atoms with Gasteiger partial charge in [0.2, 0.25) is 0 Å². The molecule has 0 radical (unpaired) electrons. The van der Waals surface area contributed by atoms with Crippen molar-refractivity contribution in [2.45, 2.75) is 31.7 Å². The van der Waals surface area contributed by atoms with Crippen molar-refractivity contribution < 1.29 is 9.90 Å². The second kappa shape index (κ2) is 5.03. The third-order valence-corrected chi connectivity index (χ3v) is 3.91. The molecule has 6 nitrogen and oxygen atoms in total. The number of nitrogens with one attached hydrogen (secondary N) is 3. The molecule has 2 atom stereocenters. The molecule has 3 rings (SSSR count). The first-order valence-corrected chi connectivity index (χ1v) is 6.83. The Morgan fingerprint density at radius 1 is 1.25 bits per heavy atom. The van der Waals surface area contributed by atoms with Crippen LogP contribution in [0.1, 0.15) is 25.7 Å². The van der Waals surface area contributed by atoms with Gasteiger partial charge in [0, 0.05) is 11.7 Å². The number of H-pyrrole nitrogens is 2. The largest absolute Gasteiger partial charge is 0.481 e. The average molecular weight is 275 g/mol. The van der Waals surface area contributed by atoms with E-state index in [4.69, 9.17) is 5.11 Å². The fourth-order valence-electron chi connectivity index (χ4n) is 2.90. The molecule has 20 heavy (non-hydrogen) atoms. The molecule has 1 fully saturated rings. The number of rotatable bonds is 3. The first-order chi connectivity index (χ1) is 9.61. The Morgan fingerprint density at radius 3 is 2.85 bits per heavy atom. The van der Waals surface area contributed by atoms with Gasteiger partial charge in [0.1, 0.15) is 0 Å². The molecule has 6 heteroatoms. The number of carbonyl (C=O) groups is 1. The third kappa shape index (κ3) is 2.54. The summed E-state index contributed by atoms with van der Waals surface area (Å²) in [4.78, 5) is 27.7. The number of carboxylic acids is 1. The third-order valence-electron chi connectivity index (χ3n) is 3.91. The molecule has 1 aromatic heterocycles. The molecule has 1 heterocycles. The number of aromatic amines is 2. The maximum atomic E-state index is 11.2. The summed E-state index contributed by atoms with van der Waals surface area (Å²) in [5, 5.41) is 12.5. The Kier molecular flexibility index (Phi) is 3.22. The van der Waals surface area contributed by atoms with Gasteiger partial charge in [-0.15, -0.1) is 0 Å². The summed E-state index contributed by atoms with van der Waals surface area (Å²) >= 11 is 0. The normalized spacial score (nSPS) is 22.8. The lowest BCUT2D eigenvalue weighted by Gasteiger charge is -2.28. The van der Waals surface area contributed by atoms with E-state index in [2.05, 4.69) is 15.3 Å². The number of hydrogen-bond donors (Lipinski definition) is 4. The van der Waals surface area contributed by atoms with Crippen LogP contribution >= 0.6 is 0 Å². The average Bonchev–Trinajstić information content (AvgIpc) is 2.78. The number of fused-ring (bicyclic) bond motifs is 1. The van der Waals surface area contributed by atoms with E-state index in [0.29, 0.717) is 6.42 Å². The zero-order chi connectivity index (χ0) is 14.1. The lowest BCUT2D eigenvalue weighted by Crippen LogP contribution is -2.30. The number of hydrogen-bond acceptors (Lipinski definition) is 3. The summed E-state index contributed by atoms with van der Waals surface area (Å²) in [7, 11) is 0. The minimum Gasteiger partial charge on any atom is -0.481 e. The fraction of sp³-hybridized carbons (Fsp3) is 0.429. The number of carboxylic acid groups (broad SMARTS) is 1. The highest BCUT2D eigenvalue weighted by atomic mass is 16.4. The highest BCUT2D eigenvalue weighted by Crippen LogP contribution is 2.27. The second-order valence-corrected chi connectivity index (χ2v) is 5.38. The van der Waals surface area contributed by atoms with Gasteiger partial charge in [-0.25, -0.2) is 4.79 Å². The molecule has 0 amide bonds. The monoisotopic (exact) mass is 275 g/mol. The molecular formula is C14H17N3O3. The zero-order valence-corrected chi connectivity index (χ0v) is 11.0. The SMILES string of the molecule is O=C(O)C1CCCC(Nc2ccc3[nH]c(=O)[nH]c3c2)C1. The Hall–Kier alpha value is -2.24. The van der Waals surface area contributed by atoms with Crippen molar-refractivity contribution in [1.29, 1.82) is 0 Å². The molecule has 2 aromatic rings. The molecule has 2 unspecified atom stereocenters. The van der Waals surface area contributed by atoms with E-state index in [-0.39, 0.29) is 17.6 Å². The minimum absolute atomic E-state index is 0.174. The van der Waals surface area contributed by atoms with E-state index in [0.717, 1.165) is 36.0 Å². The van der Waals surface area contributed by atoms with Crippen LogP contribution in [0.3, 0.4) is 0 Å². The lowest BCUT2D eigenvalue weighted by molar-refractivity contribution is -0.142. The summed E-state index contributed by atoms with van der Waals surface area (Å²) in [6.07, 6.45) is 3.32. The Bertz CT molecular complexity index is 688. The van der Waals surface area contributed by atoms with Crippen LogP contribution in [0.15, 0.2) is 23.0 Å². The van der Waals surface area contributed by atoms with Crippen LogP contribution in [-0.2, 0) is 4.79 Å². The molecule has 106 valence electrons. The van der Waals surface area contributed by atoms with Crippen LogP contribution in [0.5, 0.6) is 0 Å². The van der Waals surface area contributed by atoms with Gasteiger partial charge >= 0.3 is 11.7 Å². The van der Waals surface area contributed by atoms with Gasteiger partial charge in [-0.3, -0.25) is 4.79 Å². The molecule has 0 bridgehead atoms. The molecule has 4 N–H and O–H groups in total. The van der Waals surface area contributed by atoms with E-state index in [1.807, 2.05) is 18.2 Å². The first kappa shape index (κ1) is 12.8. The summed E-state index contributed by atoms with van der Waals surface area (Å²) in [5.74, 6) is -0.959. The fourth-order valence-corrected chi connectivity index (χ4v) is 2.90. The van der Waals surface area contributed by atoms with Crippen molar-refractivity contribution in [3.05, 3.63) is 28.7 Å². The first-order valence-electron chi connectivity index (χ1n) is 6.83. The summed E-state index contributed by atoms with van der Waals surface area (Å²) in [6.45, 7) is 0. The number of aromatic nitrogens is 2. The van der Waals surface area contributed by atoms with Crippen molar-refractivity contribution in [2.24, 2.45) is 5.92 Å². The highest BCUT2D eigenvalue weighted by molar-refractivity contribution is 5.78. The Balaban J connectivity index is 1.75. The summed E-state index contributed by atoms with van der Waals surface area (Å²) in [5.41, 5.74) is 2.21. The predicted octanol–water partition coefficient (Wildman–Crippen LogP) is 1.91. The molecule has 1 aliphatic rings. The Labute approximate surface area is 115 Å². The maximum Gasteiger partial charge on any atom is 0.323 e. The van der Waals surface area contributed by atoms with Crippen molar-refractivity contribution >= 4 is 22.7 Å². The second-order valence-electron chi connectivity index (χ2n) is 5.38. The van der Waals surface area contributed by atoms with E-state index in [1.54, 1.807) is 0 Å². The van der Waals surface area contributed by atoms with E-state index < -0.39 is 5.97 Å². The molecule has 0 aliphatic heterocycles. The van der Waals surface area contributed by atoms with Crippen molar-refractivity contribution in [1.82, 2.24) is 9.97 Å². The van der Waals surface area contributed by atoms with Crippen LogP contribution in [0.25, 0.3) is 11.0 Å². The van der Waals surface area contributed by atoms with Gasteiger partial charge in [-0.1, -0.05) is 6.42 Å². The van der Waals surface area contributed by atoms with Crippen LogP contribution in [0.2, 0.25) is 0 Å². The van der Waals surface area contributed by atoms with Crippen molar-refractivity contribution in [2.75, 3.05) is 5.32 Å². The van der Waals surface area contributed by atoms with Gasteiger partial charge in [0.05, 0.1) is 17.0 Å². The Morgan fingerprint density at radius 2 is 2.05 bits per heavy atom. The number of benzene rings is 1. The van der Waals surface area contributed by atoms with E-state index in [9.17, 15) is 9.59 Å². The quantitative estimate of drug-likeness (QED) is 0.687. The summed E-state index contributed by atoms with van der Waals surface area (Å²) < 4.78 is 0. The van der Waals surface area contributed by atoms with Gasteiger partial charge in [0.25, 0.3) is 0 Å². The van der Waals surface area contributed by atoms with Crippen LogP contribution in [-0.4, -0.2) is 27.1 Å². The van der Waals surface area contributed by atoms with Crippen LogP contribution in [0.4, 0.5) is 5.69 Å². The minimum atomic E-state index is -0.707. The van der Waals surface area contributed by atoms with Crippen LogP contribution in [0, 0.1) is 5.92 Å². The molecule has 1 aliphatic carbocycles. The standard InChI is InChI=1S/C14H17N3O3/c18-13(19)8-2-1-3-9(6-8)15-10-4-5-11-12(7-10)17-14(20)16-11/h4-5,7-9,15H,1-3,6H2,(H,18,19)(H2,16,17,20). The molecular weight excluding hydrogens is 258 g/mol. The molecule has 1 saturated carbocycles. The topological polar surface area (TPSA) is 98.0 Å². The van der Waals surface area contributed by atoms with Crippen molar-refractivity contribution in [3.63, 3.8) is 0 Å². The molecule has 0 saturated heterocycles. The van der Waals surface area contributed by atoms with Gasteiger partial charge in [-0.2, -0.15) is 0 Å². The zero-order valence-electron chi connectivity index (χ0n) is 11.0. The summed E-state index contributed by atoms with van der Waals surface area (Å²) in [6, 6.07) is 5.79. The molecule has 1 aromatic carbocycles. The van der Waals surface area contributed by atoms with Gasteiger partial charge in [0.15, 0.2) is 0 Å². The number of anilines is 1. The smallest absolute Gasteiger partial charge is 0.323 e. The predicted molar refractivity (Wildman–Crippen MR) is 75.9 cm³/mol. The maximum absolute atomic E-state index is 11.2. The van der Waals surface area contributed by atoms with E-state index in [1.165, 1.54) is 0 Å². The highest BCUT2D eigenvalue weighted by Gasteiger charge is 2.26. The van der Waals surface area contributed by atoms with E-state index >= 15 is 0 Å².